The van der Waals surface area contributed by atoms with E-state index in [-0.39, 0.29) is 11.8 Å². The van der Waals surface area contributed by atoms with Crippen molar-refractivity contribution < 1.29 is 41.0 Å². The summed E-state index contributed by atoms with van der Waals surface area (Å²) in [6.07, 6.45) is 0.781. The van der Waals surface area contributed by atoms with E-state index >= 15 is 0 Å². The van der Waals surface area contributed by atoms with E-state index in [1.165, 1.54) is 0 Å². The first kappa shape index (κ1) is 12.5. The summed E-state index contributed by atoms with van der Waals surface area (Å²) in [7, 11) is 0. The predicted molar refractivity (Wildman–Crippen MR) is 37.3 cm³/mol. The van der Waals surface area contributed by atoms with Crippen molar-refractivity contribution in [3.8, 4) is 0 Å². The number of carbonyl (C=O) groups is 2. The van der Waals surface area contributed by atoms with E-state index in [0.29, 0.717) is 12.8 Å². The fraction of sp³-hybridized carbons (Fsp3) is 0.500. The number of amides is 2. The number of carbonyl (C=O) groups excluding carboxylic acids is 2. The molecule has 2 amide bonds. The summed E-state index contributed by atoms with van der Waals surface area (Å²) in [6, 6.07) is 0. The highest BCUT2D eigenvalue weighted by molar-refractivity contribution is 14.1. The van der Waals surface area contributed by atoms with Gasteiger partial charge in [0.2, 0.25) is 11.8 Å². The largest absolute Gasteiger partial charge is 0.503 e. The quantitative estimate of drug-likeness (QED) is 0.248. The molecular weight excluding hydrogens is 396 g/mol. The summed E-state index contributed by atoms with van der Waals surface area (Å²) in [5.74, 6) is -0.147. The van der Waals surface area contributed by atoms with Crippen LogP contribution in [0.1, 0.15) is 12.8 Å². The van der Waals surface area contributed by atoms with Gasteiger partial charge < -0.3 is 6.87 Å². The average molecular weight is 401 g/mol. The number of hydrogen-bond acceptors (Lipinski definition) is 5. The second kappa shape index (κ2) is 6.01. The molecule has 1 saturated heterocycles. The number of hydrogen-bond donors (Lipinski definition) is 1. The lowest BCUT2D eigenvalue weighted by atomic mass is 10.4. The standard InChI is InChI=1S/C4H4INO2.HIO3/c5-6-3(7)1-2-4(6)8;2-1(3)4/h1-2H2;2H. The minimum atomic E-state index is -3.76. The molecule has 0 unspecified atom stereocenters. The molecule has 1 N–H and O–H groups in total. The van der Waals surface area contributed by atoms with E-state index in [2.05, 4.69) is 0 Å². The van der Waals surface area contributed by atoms with E-state index in [1.54, 1.807) is 22.9 Å². The third kappa shape index (κ3) is 5.18. The van der Waals surface area contributed by atoms with Gasteiger partial charge in [0.25, 0.3) is 0 Å². The van der Waals surface area contributed by atoms with Crippen molar-refractivity contribution in [1.82, 2.24) is 3.11 Å². The molecule has 0 atom stereocenters. The van der Waals surface area contributed by atoms with Crippen molar-refractivity contribution in [3.63, 3.8) is 0 Å². The molecule has 1 aliphatic rings. The van der Waals surface area contributed by atoms with Crippen molar-refractivity contribution >= 4 is 34.7 Å². The monoisotopic (exact) mass is 401 g/mol. The zero-order valence-corrected chi connectivity index (χ0v) is 10.0. The van der Waals surface area contributed by atoms with Crippen LogP contribution in [-0.2, 0) is 9.59 Å². The first-order valence-corrected chi connectivity index (χ1v) is 6.40. The molecule has 70 valence electrons. The molecule has 0 aromatic heterocycles. The van der Waals surface area contributed by atoms with Gasteiger partial charge in [0.05, 0.1) is 22.9 Å². The Bertz CT molecular complexity index is 166. The van der Waals surface area contributed by atoms with Gasteiger partial charge in [-0.05, 0) is 3.44 Å². The molecule has 0 saturated carbocycles. The van der Waals surface area contributed by atoms with Gasteiger partial charge in [0.15, 0.2) is 0 Å². The second-order valence-corrected chi connectivity index (χ2v) is 3.88. The van der Waals surface area contributed by atoms with Crippen LogP contribution in [-0.4, -0.2) is 18.4 Å². The van der Waals surface area contributed by atoms with Crippen molar-refractivity contribution in [2.24, 2.45) is 0 Å². The van der Waals surface area contributed by atoms with Crippen molar-refractivity contribution in [2.45, 2.75) is 12.8 Å². The Morgan fingerprint density at radius 3 is 1.67 bits per heavy atom. The highest BCUT2D eigenvalue weighted by Crippen LogP contribution is 2.15. The summed E-state index contributed by atoms with van der Waals surface area (Å²) < 4.78 is 25.6. The van der Waals surface area contributed by atoms with Gasteiger partial charge in [-0.1, -0.05) is 0 Å². The Balaban J connectivity index is 0.000000261. The van der Waals surface area contributed by atoms with Crippen LogP contribution < -0.4 is 27.9 Å². The zero-order chi connectivity index (χ0) is 9.72. The molecule has 12 heavy (non-hydrogen) atoms. The van der Waals surface area contributed by atoms with Crippen LogP contribution >= 0.6 is 22.9 Å². The first-order chi connectivity index (χ1) is 5.45. The van der Waals surface area contributed by atoms with Crippen LogP contribution in [0.5, 0.6) is 0 Å². The molecule has 0 aromatic carbocycles. The second-order valence-electron chi connectivity index (χ2n) is 1.77. The molecule has 0 aliphatic carbocycles. The molecule has 1 aliphatic heterocycles. The minimum absolute atomic E-state index is 0.0735. The van der Waals surface area contributed by atoms with Gasteiger partial charge in [-0.3, -0.25) is 9.59 Å². The van der Waals surface area contributed by atoms with Gasteiger partial charge in [0, 0.05) is 12.8 Å². The van der Waals surface area contributed by atoms with Crippen molar-refractivity contribution in [3.05, 3.63) is 0 Å². The number of nitrogens with zero attached hydrogens (tertiary/aromatic N) is 1. The van der Waals surface area contributed by atoms with E-state index in [1.807, 2.05) is 0 Å². The molecule has 0 aromatic rings. The lowest BCUT2D eigenvalue weighted by Gasteiger charge is -1.97. The number of rotatable bonds is 0. The normalized spacial score (nSPS) is 16.6. The summed E-state index contributed by atoms with van der Waals surface area (Å²) >= 11 is -2.05. The maximum absolute atomic E-state index is 10.5. The Labute approximate surface area is 91.1 Å². The molecule has 1 heterocycles. The van der Waals surface area contributed by atoms with Gasteiger partial charge in [-0.25, -0.2) is 3.11 Å². The lowest BCUT2D eigenvalue weighted by Crippen LogP contribution is -3.98. The molecular formula is C4H5I2NO5. The van der Waals surface area contributed by atoms with E-state index < -0.39 is 21.1 Å². The molecule has 1 fully saturated rings. The molecule has 8 heteroatoms. The molecule has 6 nitrogen and oxygen atoms in total. The first-order valence-electron chi connectivity index (χ1n) is 2.71. The zero-order valence-electron chi connectivity index (χ0n) is 5.70. The average Bonchev–Trinajstić information content (AvgIpc) is 2.19. The smallest absolute Gasteiger partial charge is 0.396 e. The molecule has 1 rings (SSSR count). The fourth-order valence-electron chi connectivity index (χ4n) is 0.549. The maximum Gasteiger partial charge on any atom is 0.503 e. The summed E-state index contributed by atoms with van der Waals surface area (Å²) in [4.78, 5) is 21.0. The van der Waals surface area contributed by atoms with Gasteiger partial charge >= 0.3 is 21.1 Å². The van der Waals surface area contributed by atoms with Crippen LogP contribution in [0.4, 0.5) is 0 Å². The van der Waals surface area contributed by atoms with Crippen molar-refractivity contribution in [2.75, 3.05) is 0 Å². The Kier molecular flexibility index (Phi) is 6.25. The van der Waals surface area contributed by atoms with Gasteiger partial charge in [0.1, 0.15) is 0 Å². The van der Waals surface area contributed by atoms with Crippen LogP contribution in [0.15, 0.2) is 0 Å². The minimum Gasteiger partial charge on any atom is -0.396 e. The van der Waals surface area contributed by atoms with Gasteiger partial charge in [-0.2, -0.15) is 0 Å². The van der Waals surface area contributed by atoms with Crippen LogP contribution in [0.3, 0.4) is 0 Å². The van der Waals surface area contributed by atoms with Crippen LogP contribution in [0.25, 0.3) is 0 Å². The third-order valence-electron chi connectivity index (χ3n) is 0.991. The van der Waals surface area contributed by atoms with Crippen LogP contribution in [0, 0.1) is 0 Å². The van der Waals surface area contributed by atoms with Gasteiger partial charge in [-0.15, -0.1) is 0 Å². The molecule has 0 spiro atoms. The van der Waals surface area contributed by atoms with E-state index in [0.717, 1.165) is 3.11 Å². The van der Waals surface area contributed by atoms with Crippen molar-refractivity contribution in [1.29, 1.82) is 0 Å². The Morgan fingerprint density at radius 2 is 1.58 bits per heavy atom. The fourth-order valence-corrected chi connectivity index (χ4v) is 1.03. The highest BCUT2D eigenvalue weighted by Gasteiger charge is 2.26. The molecule has 0 radical (unpaired) electrons. The van der Waals surface area contributed by atoms with E-state index in [9.17, 15) is 9.59 Å². The number of halogens is 2. The Hall–Kier alpha value is 0.480. The highest BCUT2D eigenvalue weighted by atomic mass is 127. The molecule has 0 bridgehead atoms. The van der Waals surface area contributed by atoms with E-state index in [4.69, 9.17) is 10.3 Å². The summed E-state index contributed by atoms with van der Waals surface area (Å²) in [6.45, 7) is 0. The Morgan fingerprint density at radius 1 is 1.33 bits per heavy atom. The predicted octanol–water partition coefficient (Wildman–Crippen LogP) is -5.45. The SMILES string of the molecule is O=C1CCC(=O)N1I.[O-][I+2]([O-])O. The maximum atomic E-state index is 10.5. The third-order valence-corrected chi connectivity index (χ3v) is 2.07. The topological polar surface area (TPSA) is 104 Å². The lowest BCUT2D eigenvalue weighted by molar-refractivity contribution is -1.63. The number of imide groups is 1. The van der Waals surface area contributed by atoms with Crippen LogP contribution in [0.2, 0.25) is 0 Å². The summed E-state index contributed by atoms with van der Waals surface area (Å²) in [5.41, 5.74) is 0. The summed E-state index contributed by atoms with van der Waals surface area (Å²) in [5, 5.41) is 0.